The quantitative estimate of drug-likeness (QED) is 0.826. The van der Waals surface area contributed by atoms with Gasteiger partial charge in [0.05, 0.1) is 7.11 Å². The van der Waals surface area contributed by atoms with Crippen LogP contribution >= 0.6 is 0 Å². The van der Waals surface area contributed by atoms with Gasteiger partial charge in [-0.2, -0.15) is 0 Å². The van der Waals surface area contributed by atoms with E-state index in [2.05, 4.69) is 4.74 Å². The molecule has 1 unspecified atom stereocenters. The molecule has 0 spiro atoms. The molecular formula is C15H16O3. The lowest BCUT2D eigenvalue weighted by Gasteiger charge is -2.24. The Morgan fingerprint density at radius 1 is 1.22 bits per heavy atom. The van der Waals surface area contributed by atoms with E-state index in [1.165, 1.54) is 14.0 Å². The minimum Gasteiger partial charge on any atom is -0.467 e. The van der Waals surface area contributed by atoms with Gasteiger partial charge in [0.1, 0.15) is 0 Å². The molecule has 0 aliphatic rings. The van der Waals surface area contributed by atoms with E-state index in [4.69, 9.17) is 0 Å². The van der Waals surface area contributed by atoms with Crippen LogP contribution in [0.15, 0.2) is 36.4 Å². The van der Waals surface area contributed by atoms with Gasteiger partial charge in [0.2, 0.25) is 0 Å². The maximum absolute atomic E-state index is 11.8. The van der Waals surface area contributed by atoms with E-state index in [0.29, 0.717) is 5.56 Å². The normalized spacial score (nSPS) is 14.2. The zero-order chi connectivity index (χ0) is 13.3. The minimum absolute atomic E-state index is 0.604. The van der Waals surface area contributed by atoms with Crippen LogP contribution < -0.4 is 0 Å². The van der Waals surface area contributed by atoms with Crippen molar-refractivity contribution < 1.29 is 14.6 Å². The molecule has 2 rings (SSSR count). The van der Waals surface area contributed by atoms with Crippen LogP contribution in [-0.2, 0) is 15.1 Å². The number of benzene rings is 2. The Labute approximate surface area is 106 Å². The molecule has 0 radical (unpaired) electrons. The second kappa shape index (κ2) is 4.42. The fourth-order valence-electron chi connectivity index (χ4n) is 2.33. The number of carbonyl (C=O) groups is 1. The molecular weight excluding hydrogens is 228 g/mol. The van der Waals surface area contributed by atoms with Crippen LogP contribution in [0, 0.1) is 6.92 Å². The molecule has 0 aliphatic heterocycles. The first-order valence-electron chi connectivity index (χ1n) is 5.78. The number of methoxy groups -OCH3 is 1. The first-order valence-corrected chi connectivity index (χ1v) is 5.78. The summed E-state index contributed by atoms with van der Waals surface area (Å²) in [5.41, 5.74) is -0.170. The van der Waals surface area contributed by atoms with Gasteiger partial charge in [0.25, 0.3) is 0 Å². The number of carbonyl (C=O) groups excluding carboxylic acids is 1. The number of aryl methyl sites for hydroxylation is 1. The lowest BCUT2D eigenvalue weighted by molar-refractivity contribution is -0.161. The first-order chi connectivity index (χ1) is 8.48. The predicted molar refractivity (Wildman–Crippen MR) is 70.3 cm³/mol. The number of hydrogen-bond donors (Lipinski definition) is 1. The van der Waals surface area contributed by atoms with Crippen LogP contribution in [0.4, 0.5) is 0 Å². The third kappa shape index (κ3) is 1.87. The van der Waals surface area contributed by atoms with Crippen molar-refractivity contribution in [1.29, 1.82) is 0 Å². The molecule has 0 aliphatic carbocycles. The molecule has 1 N–H and O–H groups in total. The van der Waals surface area contributed by atoms with E-state index in [-0.39, 0.29) is 0 Å². The van der Waals surface area contributed by atoms with E-state index in [9.17, 15) is 9.90 Å². The third-order valence-corrected chi connectivity index (χ3v) is 3.21. The van der Waals surface area contributed by atoms with Gasteiger partial charge >= 0.3 is 5.97 Å². The van der Waals surface area contributed by atoms with Crippen molar-refractivity contribution in [2.45, 2.75) is 19.4 Å². The van der Waals surface area contributed by atoms with Crippen LogP contribution in [0.5, 0.6) is 0 Å². The summed E-state index contributed by atoms with van der Waals surface area (Å²) in [4.78, 5) is 11.8. The molecule has 2 aromatic rings. The maximum Gasteiger partial charge on any atom is 0.342 e. The molecule has 0 aromatic heterocycles. The average Bonchev–Trinajstić information content (AvgIpc) is 2.37. The summed E-state index contributed by atoms with van der Waals surface area (Å²) in [6.07, 6.45) is 0. The van der Waals surface area contributed by atoms with Crippen molar-refractivity contribution in [2.75, 3.05) is 7.11 Å². The number of esters is 1. The van der Waals surface area contributed by atoms with Gasteiger partial charge in [-0.3, -0.25) is 0 Å². The minimum atomic E-state index is -1.64. The summed E-state index contributed by atoms with van der Waals surface area (Å²) in [6, 6.07) is 11.5. The lowest BCUT2D eigenvalue weighted by atomic mass is 9.87. The van der Waals surface area contributed by atoms with Crippen molar-refractivity contribution in [1.82, 2.24) is 0 Å². The van der Waals surface area contributed by atoms with Crippen molar-refractivity contribution >= 4 is 16.7 Å². The molecule has 94 valence electrons. The van der Waals surface area contributed by atoms with Gasteiger partial charge in [0, 0.05) is 5.56 Å². The van der Waals surface area contributed by atoms with Crippen molar-refractivity contribution in [3.05, 3.63) is 47.5 Å². The molecule has 0 bridgehead atoms. The number of hydrogen-bond acceptors (Lipinski definition) is 3. The van der Waals surface area contributed by atoms with Crippen LogP contribution in [0.2, 0.25) is 0 Å². The molecule has 0 saturated carbocycles. The smallest absolute Gasteiger partial charge is 0.342 e. The van der Waals surface area contributed by atoms with Gasteiger partial charge in [-0.15, -0.1) is 0 Å². The predicted octanol–water partition coefficient (Wildman–Crippen LogP) is 2.53. The summed E-state index contributed by atoms with van der Waals surface area (Å²) < 4.78 is 4.68. The van der Waals surface area contributed by atoms with Crippen molar-refractivity contribution in [3.63, 3.8) is 0 Å². The lowest BCUT2D eigenvalue weighted by Crippen LogP contribution is -2.34. The topological polar surface area (TPSA) is 46.5 Å². The Balaban J connectivity index is 2.77. The van der Waals surface area contributed by atoms with E-state index in [1.54, 1.807) is 0 Å². The molecule has 2 aromatic carbocycles. The zero-order valence-corrected chi connectivity index (χ0v) is 10.7. The van der Waals surface area contributed by atoms with E-state index in [1.807, 2.05) is 43.3 Å². The summed E-state index contributed by atoms with van der Waals surface area (Å²) in [5, 5.41) is 12.3. The van der Waals surface area contributed by atoms with Crippen molar-refractivity contribution in [2.24, 2.45) is 0 Å². The summed E-state index contributed by atoms with van der Waals surface area (Å²) in [7, 11) is 1.28. The highest BCUT2D eigenvalue weighted by Crippen LogP contribution is 2.32. The van der Waals surface area contributed by atoms with Gasteiger partial charge in [0.15, 0.2) is 5.60 Å². The summed E-state index contributed by atoms with van der Waals surface area (Å²) >= 11 is 0. The molecule has 0 amide bonds. The molecule has 1 atom stereocenters. The van der Waals surface area contributed by atoms with E-state index in [0.717, 1.165) is 16.3 Å². The molecule has 0 saturated heterocycles. The largest absolute Gasteiger partial charge is 0.467 e. The zero-order valence-electron chi connectivity index (χ0n) is 10.7. The van der Waals surface area contributed by atoms with E-state index < -0.39 is 11.6 Å². The van der Waals surface area contributed by atoms with Crippen molar-refractivity contribution in [3.8, 4) is 0 Å². The highest BCUT2D eigenvalue weighted by molar-refractivity contribution is 5.93. The Kier molecular flexibility index (Phi) is 3.09. The molecule has 3 nitrogen and oxygen atoms in total. The van der Waals surface area contributed by atoms with Crippen LogP contribution in [0.3, 0.4) is 0 Å². The maximum atomic E-state index is 11.8. The molecule has 18 heavy (non-hydrogen) atoms. The number of rotatable bonds is 2. The molecule has 3 heteroatoms. The third-order valence-electron chi connectivity index (χ3n) is 3.21. The average molecular weight is 244 g/mol. The molecule has 0 fully saturated rings. The number of fused-ring (bicyclic) bond motifs is 1. The highest BCUT2D eigenvalue weighted by Gasteiger charge is 2.36. The fourth-order valence-corrected chi connectivity index (χ4v) is 2.33. The number of ether oxygens (including phenoxy) is 1. The SMILES string of the molecule is COC(=O)C(C)(O)c1c(C)ccc2ccccc12. The van der Waals surface area contributed by atoms with Gasteiger partial charge < -0.3 is 9.84 Å². The second-order valence-corrected chi connectivity index (χ2v) is 4.54. The monoisotopic (exact) mass is 244 g/mol. The first kappa shape index (κ1) is 12.6. The standard InChI is InChI=1S/C15H16O3/c1-10-8-9-11-6-4-5-7-12(11)13(10)15(2,17)14(16)18-3/h4-9,17H,1-3H3. The Bertz CT molecular complexity index is 600. The summed E-state index contributed by atoms with van der Waals surface area (Å²) in [6.45, 7) is 3.34. The van der Waals surface area contributed by atoms with Gasteiger partial charge in [-0.1, -0.05) is 36.4 Å². The van der Waals surface area contributed by atoms with Gasteiger partial charge in [-0.05, 0) is 30.2 Å². The van der Waals surface area contributed by atoms with E-state index >= 15 is 0 Å². The number of aliphatic hydroxyl groups is 1. The summed E-state index contributed by atoms with van der Waals surface area (Å²) in [5.74, 6) is -0.651. The Hall–Kier alpha value is -1.87. The molecule has 0 heterocycles. The highest BCUT2D eigenvalue weighted by atomic mass is 16.5. The van der Waals surface area contributed by atoms with Crippen LogP contribution in [0.25, 0.3) is 10.8 Å². The van der Waals surface area contributed by atoms with Crippen LogP contribution in [0.1, 0.15) is 18.1 Å². The van der Waals surface area contributed by atoms with Crippen LogP contribution in [-0.4, -0.2) is 18.2 Å². The Morgan fingerprint density at radius 3 is 2.56 bits per heavy atom. The Morgan fingerprint density at radius 2 is 1.89 bits per heavy atom. The van der Waals surface area contributed by atoms with Gasteiger partial charge in [-0.25, -0.2) is 4.79 Å². The fraction of sp³-hybridized carbons (Fsp3) is 0.267. The second-order valence-electron chi connectivity index (χ2n) is 4.54.